The maximum absolute atomic E-state index is 13.1. The zero-order valence-corrected chi connectivity index (χ0v) is 17.6. The minimum absolute atomic E-state index is 0.138. The molecule has 0 aliphatic carbocycles. The van der Waals surface area contributed by atoms with Crippen LogP contribution in [-0.2, 0) is 4.79 Å². The normalized spacial score (nSPS) is 13.0. The Kier molecular flexibility index (Phi) is 6.71. The highest BCUT2D eigenvalue weighted by molar-refractivity contribution is 5.81. The van der Waals surface area contributed by atoms with Gasteiger partial charge in [-0.25, -0.2) is 0 Å². The Morgan fingerprint density at radius 1 is 0.793 bits per heavy atom. The molecule has 0 saturated carbocycles. The molecule has 0 spiro atoms. The fraction of sp³-hybridized carbons (Fsp3) is 0.269. The van der Waals surface area contributed by atoms with E-state index in [1.54, 1.807) is 6.92 Å². The summed E-state index contributed by atoms with van der Waals surface area (Å²) in [5.41, 5.74) is 4.37. The second kappa shape index (κ2) is 9.42. The average Bonchev–Trinajstić information content (AvgIpc) is 2.73. The molecule has 29 heavy (non-hydrogen) atoms. The third-order valence-electron chi connectivity index (χ3n) is 5.13. The maximum atomic E-state index is 13.1. The van der Waals surface area contributed by atoms with Gasteiger partial charge in [-0.3, -0.25) is 4.79 Å². The number of hydrogen-bond acceptors (Lipinski definition) is 2. The van der Waals surface area contributed by atoms with E-state index in [1.165, 1.54) is 0 Å². The molecule has 3 rings (SSSR count). The fourth-order valence-electron chi connectivity index (χ4n) is 3.47. The molecule has 150 valence electrons. The number of carbonyl (C=O) groups is 1. The summed E-state index contributed by atoms with van der Waals surface area (Å²) < 4.78 is 6.06. The van der Waals surface area contributed by atoms with Crippen molar-refractivity contribution in [1.29, 1.82) is 0 Å². The molecule has 0 unspecified atom stereocenters. The zero-order chi connectivity index (χ0) is 20.8. The topological polar surface area (TPSA) is 38.3 Å². The number of amides is 1. The number of para-hydroxylation sites is 1. The average molecular weight is 388 g/mol. The van der Waals surface area contributed by atoms with Gasteiger partial charge in [0.15, 0.2) is 6.10 Å². The molecule has 3 aromatic carbocycles. The Morgan fingerprint density at radius 3 is 2.03 bits per heavy atom. The number of hydrogen-bond donors (Lipinski definition) is 1. The van der Waals surface area contributed by atoms with Gasteiger partial charge in [-0.2, -0.15) is 0 Å². The van der Waals surface area contributed by atoms with Crippen LogP contribution < -0.4 is 10.1 Å². The lowest BCUT2D eigenvalue weighted by molar-refractivity contribution is -0.127. The first-order valence-electron chi connectivity index (χ1n) is 10.1. The highest BCUT2D eigenvalue weighted by atomic mass is 16.5. The molecule has 0 heterocycles. The quantitative estimate of drug-likeness (QED) is 0.557. The number of carbonyl (C=O) groups excluding carboxylic acids is 1. The van der Waals surface area contributed by atoms with Crippen molar-refractivity contribution in [3.63, 3.8) is 0 Å². The molecule has 1 N–H and O–H groups in total. The van der Waals surface area contributed by atoms with Gasteiger partial charge < -0.3 is 10.1 Å². The number of rotatable bonds is 7. The van der Waals surface area contributed by atoms with Crippen LogP contribution in [0.1, 0.15) is 55.0 Å². The van der Waals surface area contributed by atoms with Gasteiger partial charge in [-0.15, -0.1) is 0 Å². The lowest BCUT2D eigenvalue weighted by Gasteiger charge is -2.24. The molecule has 0 bridgehead atoms. The molecule has 0 saturated heterocycles. The third kappa shape index (κ3) is 5.05. The first-order valence-corrected chi connectivity index (χ1v) is 10.1. The van der Waals surface area contributed by atoms with Crippen molar-refractivity contribution < 1.29 is 9.53 Å². The van der Waals surface area contributed by atoms with E-state index < -0.39 is 6.10 Å². The van der Waals surface area contributed by atoms with E-state index in [0.29, 0.717) is 5.92 Å². The predicted octanol–water partition coefficient (Wildman–Crippen LogP) is 5.79. The van der Waals surface area contributed by atoms with Crippen LogP contribution in [-0.4, -0.2) is 12.0 Å². The molecule has 0 fully saturated rings. The van der Waals surface area contributed by atoms with Gasteiger partial charge in [-0.1, -0.05) is 86.6 Å². The van der Waals surface area contributed by atoms with E-state index in [4.69, 9.17) is 4.74 Å². The Balaban J connectivity index is 1.83. The summed E-state index contributed by atoms with van der Waals surface area (Å²) >= 11 is 0. The molecule has 0 aliphatic rings. The van der Waals surface area contributed by atoms with Crippen LogP contribution in [0, 0.1) is 6.92 Å². The number of aryl methyl sites for hydroxylation is 1. The largest absolute Gasteiger partial charge is 0.481 e. The van der Waals surface area contributed by atoms with Crippen molar-refractivity contribution in [2.45, 2.75) is 45.8 Å². The first-order chi connectivity index (χ1) is 14.0. The molecular weight excluding hydrogens is 358 g/mol. The summed E-state index contributed by atoms with van der Waals surface area (Å²) in [6, 6.07) is 25.9. The van der Waals surface area contributed by atoms with Gasteiger partial charge in [0, 0.05) is 0 Å². The second-order valence-electron chi connectivity index (χ2n) is 7.66. The standard InChI is InChI=1S/C26H29NO2/c1-18(2)22-15-10-11-17-24(22)29-20(4)26(28)27-25(21-13-6-5-7-14-21)23-16-9-8-12-19(23)3/h5-18,20,25H,1-4H3,(H,27,28)/t20-,25+/m1/s1. The smallest absolute Gasteiger partial charge is 0.261 e. The van der Waals surface area contributed by atoms with Crippen LogP contribution in [0.3, 0.4) is 0 Å². The summed E-state index contributed by atoms with van der Waals surface area (Å²) in [6.45, 7) is 8.11. The van der Waals surface area contributed by atoms with Crippen molar-refractivity contribution in [3.05, 3.63) is 101 Å². The van der Waals surface area contributed by atoms with E-state index in [-0.39, 0.29) is 11.9 Å². The Labute approximate surface area is 173 Å². The van der Waals surface area contributed by atoms with Crippen molar-refractivity contribution in [2.75, 3.05) is 0 Å². The van der Waals surface area contributed by atoms with Crippen LogP contribution in [0.15, 0.2) is 78.9 Å². The molecule has 0 radical (unpaired) electrons. The Bertz CT molecular complexity index is 950. The van der Waals surface area contributed by atoms with E-state index in [0.717, 1.165) is 28.0 Å². The first kappa shape index (κ1) is 20.7. The molecule has 3 nitrogen and oxygen atoms in total. The highest BCUT2D eigenvalue weighted by Gasteiger charge is 2.23. The molecule has 0 aliphatic heterocycles. The van der Waals surface area contributed by atoms with Crippen molar-refractivity contribution >= 4 is 5.91 Å². The highest BCUT2D eigenvalue weighted by Crippen LogP contribution is 2.28. The van der Waals surface area contributed by atoms with Gasteiger partial charge in [0.25, 0.3) is 5.91 Å². The summed E-state index contributed by atoms with van der Waals surface area (Å²) in [6.07, 6.45) is -0.606. The third-order valence-corrected chi connectivity index (χ3v) is 5.13. The second-order valence-corrected chi connectivity index (χ2v) is 7.66. The predicted molar refractivity (Wildman–Crippen MR) is 118 cm³/mol. The molecular formula is C26H29NO2. The van der Waals surface area contributed by atoms with Gasteiger partial charge >= 0.3 is 0 Å². The molecule has 1 amide bonds. The minimum atomic E-state index is -0.606. The van der Waals surface area contributed by atoms with Crippen molar-refractivity contribution in [3.8, 4) is 5.75 Å². The summed E-state index contributed by atoms with van der Waals surface area (Å²) in [5.74, 6) is 0.948. The van der Waals surface area contributed by atoms with Crippen molar-refractivity contribution in [2.24, 2.45) is 0 Å². The lowest BCUT2D eigenvalue weighted by Crippen LogP contribution is -2.39. The molecule has 3 aromatic rings. The fourth-order valence-corrected chi connectivity index (χ4v) is 3.47. The van der Waals surface area contributed by atoms with E-state index in [1.807, 2.05) is 66.7 Å². The minimum Gasteiger partial charge on any atom is -0.481 e. The van der Waals surface area contributed by atoms with Crippen LogP contribution in [0.2, 0.25) is 0 Å². The monoisotopic (exact) mass is 387 g/mol. The lowest BCUT2D eigenvalue weighted by atomic mass is 9.95. The van der Waals surface area contributed by atoms with Crippen molar-refractivity contribution in [1.82, 2.24) is 5.32 Å². The van der Waals surface area contributed by atoms with Crippen LogP contribution in [0.4, 0.5) is 0 Å². The van der Waals surface area contributed by atoms with Gasteiger partial charge in [0.1, 0.15) is 5.75 Å². The Hall–Kier alpha value is -3.07. The summed E-state index contributed by atoms with van der Waals surface area (Å²) in [5, 5.41) is 3.20. The molecule has 3 heteroatoms. The summed E-state index contributed by atoms with van der Waals surface area (Å²) in [7, 11) is 0. The van der Waals surface area contributed by atoms with Crippen LogP contribution in [0.5, 0.6) is 5.75 Å². The van der Waals surface area contributed by atoms with E-state index in [2.05, 4.69) is 38.2 Å². The number of benzene rings is 3. The molecule has 2 atom stereocenters. The SMILES string of the molecule is Cc1ccccc1[C@@H](NC(=O)[C@@H](C)Oc1ccccc1C(C)C)c1ccccc1. The maximum Gasteiger partial charge on any atom is 0.261 e. The van der Waals surface area contributed by atoms with Crippen LogP contribution >= 0.6 is 0 Å². The zero-order valence-electron chi connectivity index (χ0n) is 17.6. The van der Waals surface area contributed by atoms with Gasteiger partial charge in [0.2, 0.25) is 0 Å². The van der Waals surface area contributed by atoms with Crippen LogP contribution in [0.25, 0.3) is 0 Å². The number of ether oxygens (including phenoxy) is 1. The van der Waals surface area contributed by atoms with E-state index in [9.17, 15) is 4.79 Å². The van der Waals surface area contributed by atoms with Gasteiger partial charge in [-0.05, 0) is 48.1 Å². The molecule has 0 aromatic heterocycles. The summed E-state index contributed by atoms with van der Waals surface area (Å²) in [4.78, 5) is 13.1. The number of nitrogens with one attached hydrogen (secondary N) is 1. The van der Waals surface area contributed by atoms with Gasteiger partial charge in [0.05, 0.1) is 6.04 Å². The Morgan fingerprint density at radius 2 is 1.38 bits per heavy atom. The van der Waals surface area contributed by atoms with E-state index >= 15 is 0 Å².